The van der Waals surface area contributed by atoms with Crippen molar-refractivity contribution in [3.63, 3.8) is 0 Å². The minimum atomic E-state index is -2.72. The summed E-state index contributed by atoms with van der Waals surface area (Å²) in [4.78, 5) is 35.4. The van der Waals surface area contributed by atoms with Gasteiger partial charge in [0.05, 0.1) is 23.5 Å². The summed E-state index contributed by atoms with van der Waals surface area (Å²) >= 11 is 0. The van der Waals surface area contributed by atoms with E-state index >= 15 is 0 Å². The van der Waals surface area contributed by atoms with Crippen LogP contribution in [0.3, 0.4) is 0 Å². The fraction of sp³-hybridized carbons (Fsp3) is 0.643. The number of hydrogen-bond donors (Lipinski definition) is 2. The SMILES string of the molecule is Cc1nonc1C(=O)NC(c1cn2ccc(C(NC(=O)CC34CC(F)(C3)C4)C3CC3)nc2n1)C1CCC(F)(F)CC1. The maximum absolute atomic E-state index is 14.0. The predicted molar refractivity (Wildman–Crippen MR) is 137 cm³/mol. The normalized spacial score (nSPS) is 28.4. The van der Waals surface area contributed by atoms with E-state index in [4.69, 9.17) is 9.97 Å². The molecule has 41 heavy (non-hydrogen) atoms. The Bertz CT molecular complexity index is 1490. The van der Waals surface area contributed by atoms with Gasteiger partial charge in [0.15, 0.2) is 5.69 Å². The first-order valence-corrected chi connectivity index (χ1v) is 14.3. The molecule has 3 aromatic heterocycles. The zero-order valence-corrected chi connectivity index (χ0v) is 22.7. The lowest BCUT2D eigenvalue weighted by molar-refractivity contribution is -0.215. The Kier molecular flexibility index (Phi) is 5.95. The molecule has 10 nitrogen and oxygen atoms in total. The summed E-state index contributed by atoms with van der Waals surface area (Å²) in [5, 5.41) is 13.4. The zero-order chi connectivity index (χ0) is 28.6. The Hall–Kier alpha value is -3.51. The highest BCUT2D eigenvalue weighted by Crippen LogP contribution is 2.71. The van der Waals surface area contributed by atoms with Crippen molar-refractivity contribution in [2.24, 2.45) is 17.3 Å². The third-order valence-electron chi connectivity index (χ3n) is 9.41. The van der Waals surface area contributed by atoms with Crippen LogP contribution in [0.5, 0.6) is 0 Å². The number of aromatic nitrogens is 5. The lowest BCUT2D eigenvalue weighted by atomic mass is 9.41. The van der Waals surface area contributed by atoms with Crippen LogP contribution in [0.2, 0.25) is 0 Å². The number of imidazole rings is 1. The Morgan fingerprint density at radius 1 is 1.00 bits per heavy atom. The van der Waals surface area contributed by atoms with E-state index < -0.39 is 23.5 Å². The highest BCUT2D eigenvalue weighted by atomic mass is 19.3. The van der Waals surface area contributed by atoms with E-state index in [0.29, 0.717) is 48.5 Å². The number of carbonyl (C=O) groups excluding carboxylic acids is 2. The molecule has 13 heteroatoms. The molecule has 2 N–H and O–H groups in total. The molecule has 2 amide bonds. The average Bonchev–Trinajstić information content (AvgIpc) is 3.49. The second kappa shape index (κ2) is 9.25. The number of halogens is 3. The van der Waals surface area contributed by atoms with Gasteiger partial charge in [-0.25, -0.2) is 27.8 Å². The van der Waals surface area contributed by atoms with Crippen LogP contribution in [0, 0.1) is 24.2 Å². The molecule has 5 aliphatic rings. The van der Waals surface area contributed by atoms with Gasteiger partial charge in [0.2, 0.25) is 17.6 Å². The van der Waals surface area contributed by atoms with Gasteiger partial charge in [0, 0.05) is 31.7 Å². The maximum atomic E-state index is 14.0. The minimum Gasteiger partial charge on any atom is -0.347 e. The third-order valence-corrected chi connectivity index (χ3v) is 9.41. The van der Waals surface area contributed by atoms with Crippen molar-refractivity contribution < 1.29 is 27.4 Å². The number of amides is 2. The number of carbonyl (C=O) groups is 2. The molecule has 0 saturated heterocycles. The van der Waals surface area contributed by atoms with Gasteiger partial charge in [-0.15, -0.1) is 0 Å². The van der Waals surface area contributed by atoms with Crippen LogP contribution in [0.15, 0.2) is 23.1 Å². The first-order chi connectivity index (χ1) is 19.5. The summed E-state index contributed by atoms with van der Waals surface area (Å²) in [6, 6.07) is 0.932. The zero-order valence-electron chi connectivity index (χ0n) is 22.7. The highest BCUT2D eigenvalue weighted by molar-refractivity contribution is 5.93. The van der Waals surface area contributed by atoms with Gasteiger partial charge < -0.3 is 10.6 Å². The van der Waals surface area contributed by atoms with Gasteiger partial charge in [-0.3, -0.25) is 14.0 Å². The Balaban J connectivity index is 1.13. The van der Waals surface area contributed by atoms with Gasteiger partial charge in [0.25, 0.3) is 5.91 Å². The fourth-order valence-electron chi connectivity index (χ4n) is 7.18. The topological polar surface area (TPSA) is 127 Å². The van der Waals surface area contributed by atoms with E-state index in [1.54, 1.807) is 17.5 Å². The van der Waals surface area contributed by atoms with E-state index in [1.165, 1.54) is 0 Å². The molecular weight excluding hydrogens is 539 g/mol. The largest absolute Gasteiger partial charge is 0.347 e. The van der Waals surface area contributed by atoms with Gasteiger partial charge in [-0.05, 0) is 80.3 Å². The first kappa shape index (κ1) is 26.4. The molecule has 5 aliphatic carbocycles. The summed E-state index contributed by atoms with van der Waals surface area (Å²) in [5.41, 5.74) is 0.330. The number of nitrogens with zero attached hydrogens (tertiary/aromatic N) is 5. The number of hydrogen-bond acceptors (Lipinski definition) is 7. The van der Waals surface area contributed by atoms with Crippen molar-refractivity contribution in [3.8, 4) is 0 Å². The van der Waals surface area contributed by atoms with Crippen molar-refractivity contribution >= 4 is 17.6 Å². The van der Waals surface area contributed by atoms with Crippen molar-refractivity contribution in [2.75, 3.05) is 0 Å². The van der Waals surface area contributed by atoms with Crippen LogP contribution in [-0.2, 0) is 4.79 Å². The van der Waals surface area contributed by atoms with E-state index in [2.05, 4.69) is 25.6 Å². The van der Waals surface area contributed by atoms with Crippen LogP contribution < -0.4 is 10.6 Å². The van der Waals surface area contributed by atoms with Crippen LogP contribution in [0.1, 0.15) is 104 Å². The van der Waals surface area contributed by atoms with Crippen molar-refractivity contribution in [1.82, 2.24) is 35.3 Å². The molecule has 5 saturated carbocycles. The van der Waals surface area contributed by atoms with Crippen LogP contribution in [-0.4, -0.2) is 48.1 Å². The van der Waals surface area contributed by atoms with Crippen molar-refractivity contribution in [2.45, 2.75) is 94.8 Å². The molecule has 0 aliphatic heterocycles. The van der Waals surface area contributed by atoms with E-state index in [-0.39, 0.29) is 60.6 Å². The molecule has 218 valence electrons. The minimum absolute atomic E-state index is 0.0314. The molecule has 0 radical (unpaired) electrons. The highest BCUT2D eigenvalue weighted by Gasteiger charge is 2.69. The number of rotatable bonds is 9. The fourth-order valence-corrected chi connectivity index (χ4v) is 7.18. The van der Waals surface area contributed by atoms with Gasteiger partial charge in [0.1, 0.15) is 11.4 Å². The lowest BCUT2D eigenvalue weighted by Crippen LogP contribution is -2.65. The van der Waals surface area contributed by atoms with Crippen LogP contribution >= 0.6 is 0 Å². The summed E-state index contributed by atoms with van der Waals surface area (Å²) < 4.78 is 48.3. The summed E-state index contributed by atoms with van der Waals surface area (Å²) in [6.07, 6.45) is 7.20. The van der Waals surface area contributed by atoms with Crippen LogP contribution in [0.4, 0.5) is 13.2 Å². The molecule has 3 heterocycles. The number of fused-ring (bicyclic) bond motifs is 1. The predicted octanol–water partition coefficient (Wildman–Crippen LogP) is 4.57. The summed E-state index contributed by atoms with van der Waals surface area (Å²) in [5.74, 6) is -2.92. The molecule has 2 atom stereocenters. The van der Waals surface area contributed by atoms with E-state index in [0.717, 1.165) is 12.8 Å². The molecular formula is C28H32F3N7O3. The quantitative estimate of drug-likeness (QED) is 0.385. The molecule has 8 rings (SSSR count). The molecule has 2 unspecified atom stereocenters. The first-order valence-electron chi connectivity index (χ1n) is 14.3. The summed E-state index contributed by atoms with van der Waals surface area (Å²) in [7, 11) is 0. The van der Waals surface area contributed by atoms with E-state index in [1.807, 2.05) is 12.3 Å². The lowest BCUT2D eigenvalue weighted by Gasteiger charge is -2.65. The maximum Gasteiger partial charge on any atom is 0.276 e. The van der Waals surface area contributed by atoms with Gasteiger partial charge in [-0.2, -0.15) is 0 Å². The van der Waals surface area contributed by atoms with Gasteiger partial charge in [-0.1, -0.05) is 5.16 Å². The Morgan fingerprint density at radius 2 is 1.66 bits per heavy atom. The molecule has 2 bridgehead atoms. The third kappa shape index (κ3) is 4.97. The standard InChI is InChI=1S/C28H32F3N7O3/c1-15-21(37-41-36-15)24(40)35-23(17-4-7-28(30,31)8-5-17)19-11-38-9-6-18(32-25(38)33-19)22(16-2-3-16)34-20(39)10-26-12-27(29,13-26)14-26/h6,9,11,16-17,22-23H,2-5,7-8,10,12-14H2,1H3,(H,34,39)(H,35,40). The monoisotopic (exact) mass is 571 g/mol. The second-order valence-electron chi connectivity index (χ2n) is 12.8. The molecule has 5 fully saturated rings. The number of aryl methyl sites for hydroxylation is 1. The van der Waals surface area contributed by atoms with E-state index in [9.17, 15) is 22.8 Å². The number of alkyl halides is 3. The van der Waals surface area contributed by atoms with Gasteiger partial charge >= 0.3 is 0 Å². The Labute approximate surface area is 233 Å². The smallest absolute Gasteiger partial charge is 0.276 e. The van der Waals surface area contributed by atoms with Crippen molar-refractivity contribution in [1.29, 1.82) is 0 Å². The van der Waals surface area contributed by atoms with Crippen molar-refractivity contribution in [3.05, 3.63) is 41.2 Å². The Morgan fingerprint density at radius 3 is 2.29 bits per heavy atom. The second-order valence-corrected chi connectivity index (χ2v) is 12.8. The average molecular weight is 572 g/mol. The molecule has 3 aromatic rings. The summed E-state index contributed by atoms with van der Waals surface area (Å²) in [6.45, 7) is 1.60. The molecule has 0 spiro atoms. The van der Waals surface area contributed by atoms with Crippen LogP contribution in [0.25, 0.3) is 5.78 Å². The number of nitrogens with one attached hydrogen (secondary N) is 2. The molecule has 0 aromatic carbocycles.